The van der Waals surface area contributed by atoms with Crippen LogP contribution in [0.15, 0.2) is 6.07 Å². The summed E-state index contributed by atoms with van der Waals surface area (Å²) in [6.45, 7) is 1.38. The van der Waals surface area contributed by atoms with Crippen LogP contribution in [0.1, 0.15) is 39.9 Å². The lowest BCUT2D eigenvalue weighted by atomic mass is 9.99. The van der Waals surface area contributed by atoms with E-state index in [0.29, 0.717) is 4.88 Å². The summed E-state index contributed by atoms with van der Waals surface area (Å²) in [5.74, 6) is -1.44. The van der Waals surface area contributed by atoms with Crippen LogP contribution in [0, 0.1) is 0 Å². The smallest absolute Gasteiger partial charge is 0.331 e. The molecule has 0 radical (unpaired) electrons. The van der Waals surface area contributed by atoms with Crippen molar-refractivity contribution in [1.82, 2.24) is 5.32 Å². The topological polar surface area (TPSA) is 75.6 Å². The summed E-state index contributed by atoms with van der Waals surface area (Å²) < 4.78 is 4.89. The molecule has 2 rings (SSSR count). The maximum absolute atomic E-state index is 12.2. The third kappa shape index (κ3) is 3.02. The third-order valence-electron chi connectivity index (χ3n) is 3.51. The van der Waals surface area contributed by atoms with E-state index in [1.54, 1.807) is 0 Å². The number of aliphatic carboxylic acids is 1. The molecule has 0 fully saturated rings. The first-order chi connectivity index (χ1) is 9.46. The Morgan fingerprint density at radius 3 is 2.75 bits per heavy atom. The number of aryl methyl sites for hydroxylation is 2. The van der Waals surface area contributed by atoms with Gasteiger partial charge in [-0.15, -0.1) is 11.3 Å². The Kier molecular flexibility index (Phi) is 4.45. The molecule has 1 aliphatic carbocycles. The molecule has 1 unspecified atom stereocenters. The van der Waals surface area contributed by atoms with Gasteiger partial charge in [-0.25, -0.2) is 4.79 Å². The molecule has 110 valence electrons. The maximum atomic E-state index is 12.2. The van der Waals surface area contributed by atoms with Crippen molar-refractivity contribution in [3.63, 3.8) is 0 Å². The number of carboxylic acids is 1. The largest absolute Gasteiger partial charge is 0.479 e. The maximum Gasteiger partial charge on any atom is 0.331 e. The molecule has 20 heavy (non-hydrogen) atoms. The summed E-state index contributed by atoms with van der Waals surface area (Å²) in [6, 6.07) is 1.89. The van der Waals surface area contributed by atoms with Gasteiger partial charge in [0, 0.05) is 12.0 Å². The molecule has 1 atom stereocenters. The summed E-state index contributed by atoms with van der Waals surface area (Å²) >= 11 is 1.47. The van der Waals surface area contributed by atoms with Gasteiger partial charge in [0.2, 0.25) is 0 Å². The van der Waals surface area contributed by atoms with Gasteiger partial charge in [-0.05, 0) is 44.2 Å². The van der Waals surface area contributed by atoms with Crippen LogP contribution >= 0.6 is 11.3 Å². The molecule has 1 heterocycles. The molecular formula is C14H19NO4S. The van der Waals surface area contributed by atoms with E-state index in [4.69, 9.17) is 4.74 Å². The first kappa shape index (κ1) is 15.0. The van der Waals surface area contributed by atoms with E-state index in [0.717, 1.165) is 25.7 Å². The van der Waals surface area contributed by atoms with Crippen LogP contribution in [-0.2, 0) is 22.4 Å². The number of carbonyl (C=O) groups excluding carboxylic acids is 1. The van der Waals surface area contributed by atoms with E-state index in [1.807, 2.05) is 6.07 Å². The fourth-order valence-electron chi connectivity index (χ4n) is 2.35. The third-order valence-corrected chi connectivity index (χ3v) is 4.75. The Balaban J connectivity index is 2.14. The van der Waals surface area contributed by atoms with Crippen LogP contribution in [0.3, 0.4) is 0 Å². The number of thiophene rings is 1. The SMILES string of the molecule is COCC(C)(NC(=O)c1cc2c(s1)CCCC2)C(=O)O. The Hall–Kier alpha value is -1.40. The molecule has 1 aliphatic rings. The number of carboxylic acid groups (broad SMARTS) is 1. The van der Waals surface area contributed by atoms with Crippen LogP contribution in [0.25, 0.3) is 0 Å². The van der Waals surface area contributed by atoms with Crippen molar-refractivity contribution in [3.05, 3.63) is 21.4 Å². The zero-order valence-corrected chi connectivity index (χ0v) is 12.5. The van der Waals surface area contributed by atoms with E-state index < -0.39 is 11.5 Å². The molecule has 5 nitrogen and oxygen atoms in total. The van der Waals surface area contributed by atoms with E-state index >= 15 is 0 Å². The average molecular weight is 297 g/mol. The second-order valence-corrected chi connectivity index (χ2v) is 6.43. The fraction of sp³-hybridized carbons (Fsp3) is 0.571. The number of carbonyl (C=O) groups is 2. The van der Waals surface area contributed by atoms with Crippen molar-refractivity contribution in [2.75, 3.05) is 13.7 Å². The van der Waals surface area contributed by atoms with Crippen LogP contribution < -0.4 is 5.32 Å². The van der Waals surface area contributed by atoms with Crippen molar-refractivity contribution in [1.29, 1.82) is 0 Å². The molecule has 6 heteroatoms. The number of rotatable bonds is 5. The highest BCUT2D eigenvalue weighted by Gasteiger charge is 2.35. The van der Waals surface area contributed by atoms with Gasteiger partial charge in [0.05, 0.1) is 11.5 Å². The molecule has 1 aromatic heterocycles. The fourth-order valence-corrected chi connectivity index (χ4v) is 3.50. The Morgan fingerprint density at radius 2 is 2.15 bits per heavy atom. The van der Waals surface area contributed by atoms with E-state index in [9.17, 15) is 14.7 Å². The molecular weight excluding hydrogens is 278 g/mol. The van der Waals surface area contributed by atoms with Gasteiger partial charge >= 0.3 is 5.97 Å². The van der Waals surface area contributed by atoms with Crippen LogP contribution in [-0.4, -0.2) is 36.2 Å². The molecule has 1 aromatic rings. The Labute approximate surface area is 121 Å². The highest BCUT2D eigenvalue weighted by atomic mass is 32.1. The average Bonchev–Trinajstić information content (AvgIpc) is 2.82. The first-order valence-electron chi connectivity index (χ1n) is 6.63. The number of fused-ring (bicyclic) bond motifs is 1. The summed E-state index contributed by atoms with van der Waals surface area (Å²) in [5.41, 5.74) is -0.175. The molecule has 0 aromatic carbocycles. The van der Waals surface area contributed by atoms with E-state index in [2.05, 4.69) is 5.32 Å². The normalized spacial score (nSPS) is 17.1. The van der Waals surface area contributed by atoms with Crippen LogP contribution in [0.4, 0.5) is 0 Å². The molecule has 0 spiro atoms. The van der Waals surface area contributed by atoms with E-state index in [1.165, 1.54) is 35.8 Å². The first-order valence-corrected chi connectivity index (χ1v) is 7.44. The number of ether oxygens (including phenoxy) is 1. The number of methoxy groups -OCH3 is 1. The summed E-state index contributed by atoms with van der Waals surface area (Å²) in [6.07, 6.45) is 4.33. The van der Waals surface area contributed by atoms with Gasteiger partial charge in [-0.3, -0.25) is 4.79 Å². The molecule has 0 saturated carbocycles. The summed E-state index contributed by atoms with van der Waals surface area (Å²) in [4.78, 5) is 25.4. The van der Waals surface area contributed by atoms with Crippen molar-refractivity contribution < 1.29 is 19.4 Å². The van der Waals surface area contributed by atoms with Gasteiger partial charge in [-0.1, -0.05) is 0 Å². The van der Waals surface area contributed by atoms with Crippen LogP contribution in [0.2, 0.25) is 0 Å². The lowest BCUT2D eigenvalue weighted by Gasteiger charge is -2.24. The number of hydrogen-bond acceptors (Lipinski definition) is 4. The highest BCUT2D eigenvalue weighted by molar-refractivity contribution is 7.14. The second-order valence-electron chi connectivity index (χ2n) is 5.29. The lowest BCUT2D eigenvalue weighted by molar-refractivity contribution is -0.145. The zero-order valence-electron chi connectivity index (χ0n) is 11.7. The summed E-state index contributed by atoms with van der Waals surface area (Å²) in [5, 5.41) is 11.8. The molecule has 0 saturated heterocycles. The molecule has 0 bridgehead atoms. The van der Waals surface area contributed by atoms with E-state index in [-0.39, 0.29) is 12.5 Å². The zero-order chi connectivity index (χ0) is 14.8. The molecule has 2 N–H and O–H groups in total. The Morgan fingerprint density at radius 1 is 1.45 bits per heavy atom. The predicted molar refractivity (Wildman–Crippen MR) is 76.3 cm³/mol. The highest BCUT2D eigenvalue weighted by Crippen LogP contribution is 2.29. The van der Waals surface area contributed by atoms with Crippen molar-refractivity contribution in [2.24, 2.45) is 0 Å². The minimum absolute atomic E-state index is 0.0703. The van der Waals surface area contributed by atoms with Crippen molar-refractivity contribution in [2.45, 2.75) is 38.1 Å². The number of amides is 1. The Bertz CT molecular complexity index is 502. The molecule has 0 aliphatic heterocycles. The number of hydrogen-bond donors (Lipinski definition) is 2. The van der Waals surface area contributed by atoms with Gasteiger partial charge < -0.3 is 15.2 Å². The minimum atomic E-state index is -1.41. The second kappa shape index (κ2) is 5.93. The quantitative estimate of drug-likeness (QED) is 0.869. The monoisotopic (exact) mass is 297 g/mol. The number of nitrogens with one attached hydrogen (secondary N) is 1. The lowest BCUT2D eigenvalue weighted by Crippen LogP contribution is -2.55. The van der Waals surface area contributed by atoms with Gasteiger partial charge in [-0.2, -0.15) is 0 Å². The standard InChI is InChI=1S/C14H19NO4S/c1-14(8-19-2,13(17)18)15-12(16)11-7-9-5-3-4-6-10(9)20-11/h7H,3-6,8H2,1-2H3,(H,15,16)(H,17,18). The van der Waals surface area contributed by atoms with Gasteiger partial charge in [0.15, 0.2) is 5.54 Å². The van der Waals surface area contributed by atoms with Crippen molar-refractivity contribution in [3.8, 4) is 0 Å². The van der Waals surface area contributed by atoms with Crippen molar-refractivity contribution >= 4 is 23.2 Å². The van der Waals surface area contributed by atoms with Gasteiger partial charge in [0.25, 0.3) is 5.91 Å². The van der Waals surface area contributed by atoms with Crippen LogP contribution in [0.5, 0.6) is 0 Å². The molecule has 1 amide bonds. The van der Waals surface area contributed by atoms with Gasteiger partial charge in [0.1, 0.15) is 0 Å². The predicted octanol–water partition coefficient (Wildman–Crippen LogP) is 1.85. The summed E-state index contributed by atoms with van der Waals surface area (Å²) in [7, 11) is 1.41. The minimum Gasteiger partial charge on any atom is -0.479 e.